The molecular weight excluding hydrogens is 208 g/mol. The second kappa shape index (κ2) is 4.12. The number of tetrazole rings is 1. The smallest absolute Gasteiger partial charge is 0.211 e. The Hall–Kier alpha value is -1.53. The highest BCUT2D eigenvalue weighted by Gasteiger charge is 2.17. The zero-order valence-electron chi connectivity index (χ0n) is 7.30. The van der Waals surface area contributed by atoms with E-state index in [-0.39, 0.29) is 5.82 Å². The van der Waals surface area contributed by atoms with E-state index in [4.69, 9.17) is 5.26 Å². The van der Waals surface area contributed by atoms with E-state index in [0.717, 1.165) is 0 Å². The second-order valence-corrected chi connectivity index (χ2v) is 4.28. The molecule has 0 fully saturated rings. The number of hydrogen-bond acceptors (Lipinski definition) is 6. The maximum atomic E-state index is 11.1. The molecule has 14 heavy (non-hydrogen) atoms. The fourth-order valence-electron chi connectivity index (χ4n) is 0.802. The third kappa shape index (κ3) is 2.75. The molecule has 0 radical (unpaired) electrons. The summed E-state index contributed by atoms with van der Waals surface area (Å²) in [5.74, 6) is -0.360. The van der Waals surface area contributed by atoms with Gasteiger partial charge >= 0.3 is 0 Å². The number of aromatic amines is 1. The topological polar surface area (TPSA) is 124 Å². The summed E-state index contributed by atoms with van der Waals surface area (Å²) in [5, 5.41) is 20.9. The molecule has 1 heterocycles. The minimum absolute atomic E-state index is 0.228. The summed E-state index contributed by atoms with van der Waals surface area (Å²) in [4.78, 5) is 0. The zero-order valence-corrected chi connectivity index (χ0v) is 8.11. The van der Waals surface area contributed by atoms with Gasteiger partial charge in [-0.2, -0.15) is 10.5 Å². The van der Waals surface area contributed by atoms with Gasteiger partial charge in [0.05, 0.1) is 12.1 Å². The SMILES string of the molecule is CC(NS(=O)(=O)CC#N)c1nn[nH]n1. The van der Waals surface area contributed by atoms with Crippen molar-refractivity contribution in [1.29, 1.82) is 5.26 Å². The van der Waals surface area contributed by atoms with Gasteiger partial charge in [-0.25, -0.2) is 13.1 Å². The first kappa shape index (κ1) is 10.6. The van der Waals surface area contributed by atoms with Crippen LogP contribution in [0.2, 0.25) is 0 Å². The van der Waals surface area contributed by atoms with Crippen molar-refractivity contribution < 1.29 is 8.42 Å². The standard InChI is InChI=1S/C5H8N6O2S/c1-4(5-7-10-11-8-5)9-14(12,13)3-2-6/h4,9H,3H2,1H3,(H,7,8,10,11). The third-order valence-corrected chi connectivity index (χ3v) is 2.58. The quantitative estimate of drug-likeness (QED) is 0.644. The third-order valence-electron chi connectivity index (χ3n) is 1.36. The molecule has 76 valence electrons. The lowest BCUT2D eigenvalue weighted by atomic mass is 10.4. The van der Waals surface area contributed by atoms with Crippen LogP contribution in [0.3, 0.4) is 0 Å². The molecule has 0 aliphatic rings. The molecule has 0 aromatic carbocycles. The van der Waals surface area contributed by atoms with Crippen LogP contribution in [0.25, 0.3) is 0 Å². The summed E-state index contributed by atoms with van der Waals surface area (Å²) >= 11 is 0. The molecule has 0 spiro atoms. The molecular formula is C5H8N6O2S. The number of nitriles is 1. The predicted octanol–water partition coefficient (Wildman–Crippen LogP) is -1.30. The molecule has 1 rings (SSSR count). The monoisotopic (exact) mass is 216 g/mol. The number of hydrogen-bond donors (Lipinski definition) is 2. The molecule has 1 unspecified atom stereocenters. The Labute approximate surface area is 80.4 Å². The zero-order chi connectivity index (χ0) is 10.6. The van der Waals surface area contributed by atoms with Gasteiger partial charge in [-0.15, -0.1) is 10.2 Å². The molecule has 0 aliphatic carbocycles. The van der Waals surface area contributed by atoms with Crippen LogP contribution in [-0.4, -0.2) is 34.8 Å². The Morgan fingerprint density at radius 2 is 2.43 bits per heavy atom. The van der Waals surface area contributed by atoms with Gasteiger partial charge in [0.1, 0.15) is 0 Å². The first-order valence-corrected chi connectivity index (χ1v) is 5.30. The minimum Gasteiger partial charge on any atom is -0.211 e. The van der Waals surface area contributed by atoms with Crippen LogP contribution in [0.1, 0.15) is 18.8 Å². The fraction of sp³-hybridized carbons (Fsp3) is 0.600. The van der Waals surface area contributed by atoms with Gasteiger partial charge in [-0.05, 0) is 6.92 Å². The van der Waals surface area contributed by atoms with Crippen LogP contribution >= 0.6 is 0 Å². The molecule has 0 saturated carbocycles. The van der Waals surface area contributed by atoms with Crippen LogP contribution in [0.15, 0.2) is 0 Å². The first-order valence-electron chi connectivity index (χ1n) is 3.65. The molecule has 1 aromatic rings. The second-order valence-electron chi connectivity index (χ2n) is 2.53. The molecule has 2 N–H and O–H groups in total. The van der Waals surface area contributed by atoms with Crippen molar-refractivity contribution in [2.75, 3.05) is 5.75 Å². The number of nitrogens with zero attached hydrogens (tertiary/aromatic N) is 4. The summed E-state index contributed by atoms with van der Waals surface area (Å²) < 4.78 is 24.5. The molecule has 9 heteroatoms. The minimum atomic E-state index is -3.59. The molecule has 0 amide bonds. The normalized spacial score (nSPS) is 13.4. The van der Waals surface area contributed by atoms with Gasteiger partial charge in [0.15, 0.2) is 11.6 Å². The first-order chi connectivity index (χ1) is 6.55. The molecule has 1 aromatic heterocycles. The molecule has 0 bridgehead atoms. The predicted molar refractivity (Wildman–Crippen MR) is 45.1 cm³/mol. The average Bonchev–Trinajstić information content (AvgIpc) is 2.53. The summed E-state index contributed by atoms with van der Waals surface area (Å²) in [7, 11) is -3.59. The van der Waals surface area contributed by atoms with Gasteiger partial charge in [0.25, 0.3) is 0 Å². The lowest BCUT2D eigenvalue weighted by Gasteiger charge is -2.07. The van der Waals surface area contributed by atoms with Crippen molar-refractivity contribution >= 4 is 10.0 Å². The average molecular weight is 216 g/mol. The van der Waals surface area contributed by atoms with Gasteiger partial charge in [0.2, 0.25) is 10.0 Å². The number of nitrogens with one attached hydrogen (secondary N) is 2. The summed E-state index contributed by atoms with van der Waals surface area (Å²) in [6, 6.07) is 0.939. The summed E-state index contributed by atoms with van der Waals surface area (Å²) in [5.41, 5.74) is 0. The number of aromatic nitrogens is 4. The Balaban J connectivity index is 2.67. The number of H-pyrrole nitrogens is 1. The number of sulfonamides is 1. The Morgan fingerprint density at radius 3 is 2.93 bits per heavy atom. The van der Waals surface area contributed by atoms with Gasteiger partial charge in [-0.1, -0.05) is 5.21 Å². The molecule has 8 nitrogen and oxygen atoms in total. The van der Waals surface area contributed by atoms with Crippen LogP contribution < -0.4 is 4.72 Å². The van der Waals surface area contributed by atoms with E-state index in [1.807, 2.05) is 0 Å². The van der Waals surface area contributed by atoms with E-state index in [1.165, 1.54) is 0 Å². The van der Waals surface area contributed by atoms with Crippen molar-refractivity contribution in [3.05, 3.63) is 5.82 Å². The lowest BCUT2D eigenvalue weighted by molar-refractivity contribution is 0.563. The van der Waals surface area contributed by atoms with Crippen molar-refractivity contribution in [1.82, 2.24) is 25.3 Å². The summed E-state index contributed by atoms with van der Waals surface area (Å²) in [6.45, 7) is 1.56. The van der Waals surface area contributed by atoms with Crippen molar-refractivity contribution in [2.45, 2.75) is 13.0 Å². The van der Waals surface area contributed by atoms with E-state index >= 15 is 0 Å². The Kier molecular flexibility index (Phi) is 3.10. The van der Waals surface area contributed by atoms with E-state index in [0.29, 0.717) is 0 Å². The van der Waals surface area contributed by atoms with Crippen LogP contribution in [0.4, 0.5) is 0 Å². The van der Waals surface area contributed by atoms with Crippen LogP contribution in [0, 0.1) is 11.3 Å². The van der Waals surface area contributed by atoms with Gasteiger partial charge in [0, 0.05) is 0 Å². The molecule has 0 aliphatic heterocycles. The largest absolute Gasteiger partial charge is 0.225 e. The maximum absolute atomic E-state index is 11.1. The Bertz CT molecular complexity index is 418. The fourth-order valence-corrected chi connectivity index (χ4v) is 1.70. The highest BCUT2D eigenvalue weighted by molar-refractivity contribution is 7.89. The summed E-state index contributed by atoms with van der Waals surface area (Å²) in [6.07, 6.45) is 0. The number of rotatable bonds is 4. The molecule has 1 atom stereocenters. The van der Waals surface area contributed by atoms with E-state index in [1.54, 1.807) is 13.0 Å². The van der Waals surface area contributed by atoms with Crippen molar-refractivity contribution in [3.8, 4) is 6.07 Å². The van der Waals surface area contributed by atoms with Crippen LogP contribution in [-0.2, 0) is 10.0 Å². The van der Waals surface area contributed by atoms with Crippen molar-refractivity contribution in [2.24, 2.45) is 0 Å². The van der Waals surface area contributed by atoms with E-state index in [9.17, 15) is 8.42 Å². The Morgan fingerprint density at radius 1 is 1.71 bits per heavy atom. The van der Waals surface area contributed by atoms with E-state index in [2.05, 4.69) is 25.3 Å². The van der Waals surface area contributed by atoms with E-state index < -0.39 is 21.8 Å². The highest BCUT2D eigenvalue weighted by atomic mass is 32.2. The van der Waals surface area contributed by atoms with Gasteiger partial charge < -0.3 is 0 Å². The van der Waals surface area contributed by atoms with Crippen LogP contribution in [0.5, 0.6) is 0 Å². The lowest BCUT2D eigenvalue weighted by Crippen LogP contribution is -2.29. The molecule has 0 saturated heterocycles. The van der Waals surface area contributed by atoms with Crippen molar-refractivity contribution in [3.63, 3.8) is 0 Å². The van der Waals surface area contributed by atoms with Gasteiger partial charge in [-0.3, -0.25) is 0 Å². The highest BCUT2D eigenvalue weighted by Crippen LogP contribution is 2.04. The maximum Gasteiger partial charge on any atom is 0.225 e.